The van der Waals surface area contributed by atoms with Gasteiger partial charge >= 0.3 is 18.0 Å². The molecule has 3 rings (SSSR count). The lowest BCUT2D eigenvalue weighted by Crippen LogP contribution is -2.39. The summed E-state index contributed by atoms with van der Waals surface area (Å²) >= 11 is 0. The lowest BCUT2D eigenvalue weighted by molar-refractivity contribution is -0.335. The van der Waals surface area contributed by atoms with Gasteiger partial charge in [-0.2, -0.15) is 0 Å². The summed E-state index contributed by atoms with van der Waals surface area (Å²) in [6.07, 6.45) is 2.08. The molecule has 1 saturated carbocycles. The van der Waals surface area contributed by atoms with Gasteiger partial charge < -0.3 is 24.8 Å². The molecule has 0 aliphatic heterocycles. The summed E-state index contributed by atoms with van der Waals surface area (Å²) in [5.74, 6) is -2.37. The number of nitrogens with one attached hydrogen (secondary N) is 1. The first-order chi connectivity index (χ1) is 17.9. The Bertz CT molecular complexity index is 1070. The molecule has 208 valence electrons. The van der Waals surface area contributed by atoms with Crippen LogP contribution in [0.2, 0.25) is 0 Å². The second kappa shape index (κ2) is 11.9. The summed E-state index contributed by atoms with van der Waals surface area (Å²) in [7, 11) is 1.69. The van der Waals surface area contributed by atoms with Gasteiger partial charge in [-0.15, -0.1) is 0 Å². The molecule has 0 saturated heterocycles. The van der Waals surface area contributed by atoms with Crippen molar-refractivity contribution in [2.45, 2.75) is 63.8 Å². The van der Waals surface area contributed by atoms with Gasteiger partial charge in [0.1, 0.15) is 11.7 Å². The zero-order valence-electron chi connectivity index (χ0n) is 22.0. The molecule has 0 aromatic heterocycles. The van der Waals surface area contributed by atoms with Crippen LogP contribution in [0.4, 0.5) is 4.79 Å². The Hall–Kier alpha value is -3.51. The maximum absolute atomic E-state index is 13.4. The molecule has 2 aliphatic carbocycles. The number of ether oxygens (including phenoxy) is 2. The van der Waals surface area contributed by atoms with Crippen LogP contribution >= 0.6 is 0 Å². The molecule has 0 spiro atoms. The predicted molar refractivity (Wildman–Crippen MR) is 131 cm³/mol. The van der Waals surface area contributed by atoms with E-state index in [1.165, 1.54) is 6.07 Å². The zero-order valence-corrected chi connectivity index (χ0v) is 22.0. The van der Waals surface area contributed by atoms with Crippen LogP contribution in [-0.2, 0) is 39.2 Å². The molecule has 2 N–H and O–H groups in total. The van der Waals surface area contributed by atoms with Gasteiger partial charge in [-0.3, -0.25) is 9.59 Å². The third-order valence-electron chi connectivity index (χ3n) is 6.34. The summed E-state index contributed by atoms with van der Waals surface area (Å²) in [6.45, 7) is 4.82. The van der Waals surface area contributed by atoms with Gasteiger partial charge in [0, 0.05) is 30.3 Å². The number of amides is 2. The van der Waals surface area contributed by atoms with E-state index in [-0.39, 0.29) is 23.6 Å². The van der Waals surface area contributed by atoms with Crippen molar-refractivity contribution in [2.75, 3.05) is 26.7 Å². The van der Waals surface area contributed by atoms with Crippen LogP contribution in [0, 0.1) is 5.92 Å². The fourth-order valence-electron chi connectivity index (χ4n) is 4.57. The zero-order chi connectivity index (χ0) is 28.1. The number of carboxylic acid groups (broad SMARTS) is 1. The number of Topliss-reactive ketones (excluding diaryl/α,β-unsaturated/α-hetero) is 1. The van der Waals surface area contributed by atoms with E-state index in [0.717, 1.165) is 0 Å². The van der Waals surface area contributed by atoms with E-state index in [4.69, 9.17) is 24.4 Å². The molecule has 0 heterocycles. The summed E-state index contributed by atoms with van der Waals surface area (Å²) in [6, 6.07) is 4.60. The minimum atomic E-state index is -1.86. The van der Waals surface area contributed by atoms with Crippen molar-refractivity contribution in [3.8, 4) is 0 Å². The molecule has 1 fully saturated rings. The van der Waals surface area contributed by atoms with Crippen LogP contribution in [0.5, 0.6) is 0 Å². The Morgan fingerprint density at radius 2 is 1.84 bits per heavy atom. The van der Waals surface area contributed by atoms with E-state index in [1.807, 2.05) is 0 Å². The standard InChI is InChI=1S/C26H34N2O10/c1-25(2,3)37-24(34)28(4)13-16-8-10-17(11-9-16)36-23(33)26(38-35-14-21(31)32)19-7-5-6-18(22(19)26)20(30)12-27-15-29/h5-7,15-17H,8-14H2,1-4H3,(H,27,29)(H,31,32)/t16-,17-,26?. The van der Waals surface area contributed by atoms with Gasteiger partial charge in [-0.1, -0.05) is 18.2 Å². The number of hydrogen-bond donors (Lipinski definition) is 2. The first-order valence-corrected chi connectivity index (χ1v) is 12.4. The lowest BCUT2D eigenvalue weighted by Gasteiger charge is -2.32. The van der Waals surface area contributed by atoms with E-state index in [9.17, 15) is 24.0 Å². The van der Waals surface area contributed by atoms with Crippen molar-refractivity contribution in [3.63, 3.8) is 0 Å². The molecule has 12 nitrogen and oxygen atoms in total. The number of nitrogens with zero attached hydrogens (tertiary/aromatic N) is 1. The highest BCUT2D eigenvalue weighted by Crippen LogP contribution is 2.54. The molecular weight excluding hydrogens is 500 g/mol. The quantitative estimate of drug-likeness (QED) is 0.134. The predicted octanol–water partition coefficient (Wildman–Crippen LogP) is 2.17. The summed E-state index contributed by atoms with van der Waals surface area (Å²) in [5, 5.41) is 11.2. The van der Waals surface area contributed by atoms with Crippen LogP contribution in [0.15, 0.2) is 18.2 Å². The maximum atomic E-state index is 13.4. The largest absolute Gasteiger partial charge is 0.479 e. The Kier molecular flexibility index (Phi) is 9.10. The number of carbonyl (C=O) groups excluding carboxylic acids is 4. The number of hydrogen-bond acceptors (Lipinski definition) is 9. The minimum absolute atomic E-state index is 0.140. The van der Waals surface area contributed by atoms with Crippen molar-refractivity contribution in [1.29, 1.82) is 0 Å². The van der Waals surface area contributed by atoms with Crippen molar-refractivity contribution in [2.24, 2.45) is 5.92 Å². The smallest absolute Gasteiger partial charge is 0.410 e. The van der Waals surface area contributed by atoms with E-state index in [0.29, 0.717) is 44.2 Å². The van der Waals surface area contributed by atoms with E-state index < -0.39 is 47.7 Å². The Morgan fingerprint density at radius 3 is 2.45 bits per heavy atom. The molecular formula is C26H34N2O10. The number of ketones is 1. The first-order valence-electron chi connectivity index (χ1n) is 12.4. The average Bonchev–Trinajstić information content (AvgIpc) is 3.51. The number of benzene rings is 1. The van der Waals surface area contributed by atoms with Crippen LogP contribution in [0.25, 0.3) is 0 Å². The normalized spacial score (nSPS) is 22.0. The molecule has 1 aromatic carbocycles. The third-order valence-corrected chi connectivity index (χ3v) is 6.34. The van der Waals surface area contributed by atoms with Crippen molar-refractivity contribution in [1.82, 2.24) is 10.2 Å². The van der Waals surface area contributed by atoms with Gasteiger partial charge in [-0.25, -0.2) is 24.2 Å². The maximum Gasteiger partial charge on any atom is 0.410 e. The fourth-order valence-corrected chi connectivity index (χ4v) is 4.57. The number of esters is 1. The molecule has 2 aliphatic rings. The first kappa shape index (κ1) is 29.1. The third kappa shape index (κ3) is 6.87. The number of fused-ring (bicyclic) bond motifs is 1. The summed E-state index contributed by atoms with van der Waals surface area (Å²) in [4.78, 5) is 71.4. The van der Waals surface area contributed by atoms with E-state index in [2.05, 4.69) is 5.32 Å². The van der Waals surface area contributed by atoms with Gasteiger partial charge in [0.2, 0.25) is 6.41 Å². The highest BCUT2D eigenvalue weighted by Gasteiger charge is 2.64. The van der Waals surface area contributed by atoms with Crippen LogP contribution < -0.4 is 5.32 Å². The van der Waals surface area contributed by atoms with Gasteiger partial charge in [-0.05, 0) is 52.4 Å². The van der Waals surface area contributed by atoms with Crippen molar-refractivity contribution < 1.29 is 48.3 Å². The number of rotatable bonds is 12. The average molecular weight is 535 g/mol. The number of carbonyl (C=O) groups is 5. The molecule has 1 aromatic rings. The number of carboxylic acids is 1. The number of aliphatic carboxylic acids is 1. The molecule has 2 amide bonds. The SMILES string of the molecule is CN(C[C@H]1CC[C@H](OC(=O)C2(OOCC(=O)O)c3cccc(C(=O)CNC=O)c32)CC1)C(=O)OC(C)(C)C. The molecule has 1 unspecified atom stereocenters. The Morgan fingerprint density at radius 1 is 1.16 bits per heavy atom. The fraction of sp³-hybridized carbons (Fsp3) is 0.577. The molecule has 0 radical (unpaired) electrons. The van der Waals surface area contributed by atoms with Gasteiger partial charge in [0.15, 0.2) is 12.4 Å². The van der Waals surface area contributed by atoms with Crippen molar-refractivity contribution >= 4 is 30.2 Å². The topological polar surface area (TPSA) is 158 Å². The Labute approximate surface area is 220 Å². The van der Waals surface area contributed by atoms with Gasteiger partial charge in [0.05, 0.1) is 6.54 Å². The van der Waals surface area contributed by atoms with Crippen LogP contribution in [0.3, 0.4) is 0 Å². The monoisotopic (exact) mass is 534 g/mol. The molecule has 12 heteroatoms. The highest BCUT2D eigenvalue weighted by atomic mass is 17.2. The molecule has 0 bridgehead atoms. The lowest BCUT2D eigenvalue weighted by atomic mass is 9.87. The second-order valence-corrected chi connectivity index (χ2v) is 10.5. The summed E-state index contributed by atoms with van der Waals surface area (Å²) in [5.41, 5.74) is -1.75. The summed E-state index contributed by atoms with van der Waals surface area (Å²) < 4.78 is 11.2. The van der Waals surface area contributed by atoms with E-state index >= 15 is 0 Å². The van der Waals surface area contributed by atoms with Gasteiger partial charge in [0.25, 0.3) is 5.60 Å². The van der Waals surface area contributed by atoms with Crippen LogP contribution in [0.1, 0.15) is 67.9 Å². The van der Waals surface area contributed by atoms with E-state index in [1.54, 1.807) is 44.9 Å². The minimum Gasteiger partial charge on any atom is -0.479 e. The molecule has 1 atom stereocenters. The van der Waals surface area contributed by atoms with Crippen molar-refractivity contribution in [3.05, 3.63) is 34.9 Å². The van der Waals surface area contributed by atoms with Crippen LogP contribution in [-0.4, -0.2) is 78.7 Å². The second-order valence-electron chi connectivity index (χ2n) is 10.5. The Balaban J connectivity index is 1.64. The highest BCUT2D eigenvalue weighted by molar-refractivity contribution is 6.07. The molecule has 38 heavy (non-hydrogen) atoms.